The van der Waals surface area contributed by atoms with Crippen LogP contribution in [0.2, 0.25) is 5.15 Å². The number of hydrogen-bond donors (Lipinski definition) is 1. The lowest BCUT2D eigenvalue weighted by Gasteiger charge is -2.22. The molecule has 1 aromatic heterocycles. The van der Waals surface area contributed by atoms with Crippen LogP contribution in [-0.4, -0.2) is 16.9 Å². The normalized spacial score (nSPS) is 12.6. The molecule has 0 aliphatic heterocycles. The van der Waals surface area contributed by atoms with Gasteiger partial charge in [0.15, 0.2) is 0 Å². The van der Waals surface area contributed by atoms with E-state index in [0.29, 0.717) is 16.6 Å². The molecule has 0 spiro atoms. The minimum Gasteiger partial charge on any atom is -0.349 e. The number of benzene rings is 1. The first-order chi connectivity index (χ1) is 10.1. The van der Waals surface area contributed by atoms with Crippen LogP contribution in [0.25, 0.3) is 10.9 Å². The summed E-state index contributed by atoms with van der Waals surface area (Å²) in [5.41, 5.74) is 1.33. The highest BCUT2D eigenvalue weighted by molar-refractivity contribution is 6.30. The van der Waals surface area contributed by atoms with Crippen LogP contribution in [0, 0.1) is 5.92 Å². The van der Waals surface area contributed by atoms with Gasteiger partial charge in [-0.3, -0.25) is 4.79 Å². The molecule has 0 radical (unpaired) electrons. The van der Waals surface area contributed by atoms with Gasteiger partial charge in [-0.25, -0.2) is 4.98 Å². The van der Waals surface area contributed by atoms with E-state index in [9.17, 15) is 4.79 Å². The molecule has 0 bridgehead atoms. The number of nitrogens with zero attached hydrogens (tertiary/aromatic N) is 1. The third-order valence-corrected chi connectivity index (χ3v) is 4.24. The third-order valence-electron chi connectivity index (χ3n) is 4.04. The molecule has 0 fully saturated rings. The van der Waals surface area contributed by atoms with Gasteiger partial charge in [-0.15, -0.1) is 0 Å². The zero-order valence-electron chi connectivity index (χ0n) is 12.7. The first-order valence-electron chi connectivity index (χ1n) is 7.43. The van der Waals surface area contributed by atoms with Crippen molar-refractivity contribution in [2.24, 2.45) is 5.92 Å². The first-order valence-corrected chi connectivity index (χ1v) is 7.80. The molecule has 0 aliphatic carbocycles. The van der Waals surface area contributed by atoms with Crippen LogP contribution in [0.5, 0.6) is 0 Å². The molecule has 0 saturated carbocycles. The summed E-state index contributed by atoms with van der Waals surface area (Å²) in [6.45, 7) is 6.35. The molecule has 112 valence electrons. The van der Waals surface area contributed by atoms with Crippen molar-refractivity contribution in [3.05, 3.63) is 41.0 Å². The van der Waals surface area contributed by atoms with Crippen LogP contribution in [0.3, 0.4) is 0 Å². The van der Waals surface area contributed by atoms with Gasteiger partial charge in [0, 0.05) is 11.4 Å². The Bertz CT molecular complexity index is 638. The highest BCUT2D eigenvalue weighted by Crippen LogP contribution is 2.21. The van der Waals surface area contributed by atoms with Crippen molar-refractivity contribution >= 4 is 28.4 Å². The molecule has 4 heteroatoms. The van der Waals surface area contributed by atoms with Crippen molar-refractivity contribution in [1.29, 1.82) is 0 Å². The lowest BCUT2D eigenvalue weighted by molar-refractivity contribution is 0.0927. The fourth-order valence-corrected chi connectivity index (χ4v) is 2.93. The van der Waals surface area contributed by atoms with Gasteiger partial charge in [0.2, 0.25) is 0 Å². The number of amides is 1. The highest BCUT2D eigenvalue weighted by atomic mass is 35.5. The van der Waals surface area contributed by atoms with E-state index < -0.39 is 0 Å². The quantitative estimate of drug-likeness (QED) is 0.830. The Morgan fingerprint density at radius 1 is 1.29 bits per heavy atom. The van der Waals surface area contributed by atoms with Crippen LogP contribution in [0.1, 0.15) is 44.0 Å². The molecule has 3 nitrogen and oxygen atoms in total. The second-order valence-electron chi connectivity index (χ2n) is 5.35. The van der Waals surface area contributed by atoms with Gasteiger partial charge in [0.1, 0.15) is 5.15 Å². The third kappa shape index (κ3) is 3.53. The zero-order valence-corrected chi connectivity index (χ0v) is 13.4. The van der Waals surface area contributed by atoms with Crippen molar-refractivity contribution in [3.8, 4) is 0 Å². The average Bonchev–Trinajstić information content (AvgIpc) is 2.47. The van der Waals surface area contributed by atoms with Crippen molar-refractivity contribution in [3.63, 3.8) is 0 Å². The lowest BCUT2D eigenvalue weighted by atomic mass is 9.95. The van der Waals surface area contributed by atoms with E-state index in [0.717, 1.165) is 23.7 Å². The molecule has 21 heavy (non-hydrogen) atoms. The smallest absolute Gasteiger partial charge is 0.252 e. The highest BCUT2D eigenvalue weighted by Gasteiger charge is 2.18. The summed E-state index contributed by atoms with van der Waals surface area (Å²) in [6.07, 6.45) is 2.10. The van der Waals surface area contributed by atoms with E-state index in [1.54, 1.807) is 6.07 Å². The van der Waals surface area contributed by atoms with Gasteiger partial charge in [-0.1, -0.05) is 56.5 Å². The van der Waals surface area contributed by atoms with Gasteiger partial charge >= 0.3 is 0 Å². The zero-order chi connectivity index (χ0) is 15.4. The van der Waals surface area contributed by atoms with Gasteiger partial charge in [0.05, 0.1) is 11.1 Å². The first kappa shape index (κ1) is 15.8. The molecular formula is C17H21ClN2O. The molecular weight excluding hydrogens is 284 g/mol. The Hall–Kier alpha value is -1.61. The van der Waals surface area contributed by atoms with E-state index in [-0.39, 0.29) is 11.9 Å². The maximum absolute atomic E-state index is 12.6. The molecule has 1 amide bonds. The molecule has 2 rings (SSSR count). The largest absolute Gasteiger partial charge is 0.349 e. The molecule has 1 unspecified atom stereocenters. The van der Waals surface area contributed by atoms with Crippen LogP contribution >= 0.6 is 11.6 Å². The summed E-state index contributed by atoms with van der Waals surface area (Å²) in [7, 11) is 0. The predicted octanol–water partition coefficient (Wildman–Crippen LogP) is 4.44. The summed E-state index contributed by atoms with van der Waals surface area (Å²) in [4.78, 5) is 16.8. The molecule has 1 N–H and O–H groups in total. The van der Waals surface area contributed by atoms with E-state index in [1.165, 1.54) is 0 Å². The lowest BCUT2D eigenvalue weighted by Crippen LogP contribution is -2.37. The number of rotatable bonds is 5. The number of carbonyl (C=O) groups excluding carboxylic acids is 1. The standard InChI is InChI=1S/C17H21ClN2O/c1-4-12(5-2)11(3)19-17(21)14-10-16(18)20-15-9-7-6-8-13(14)15/h6-12H,4-5H2,1-3H3,(H,19,21). The van der Waals surface area contributed by atoms with Gasteiger partial charge in [0.25, 0.3) is 5.91 Å². The minimum atomic E-state index is -0.0881. The molecule has 1 atom stereocenters. The summed E-state index contributed by atoms with van der Waals surface area (Å²) in [5, 5.41) is 4.26. The summed E-state index contributed by atoms with van der Waals surface area (Å²) >= 11 is 6.03. The van der Waals surface area contributed by atoms with Crippen molar-refractivity contribution < 1.29 is 4.79 Å². The van der Waals surface area contributed by atoms with Crippen molar-refractivity contribution in [1.82, 2.24) is 10.3 Å². The fraction of sp³-hybridized carbons (Fsp3) is 0.412. The molecule has 0 saturated heterocycles. The summed E-state index contributed by atoms with van der Waals surface area (Å²) < 4.78 is 0. The number of fused-ring (bicyclic) bond motifs is 1. The van der Waals surface area contributed by atoms with E-state index in [4.69, 9.17) is 11.6 Å². The minimum absolute atomic E-state index is 0.0881. The Labute approximate surface area is 130 Å². The molecule has 0 aliphatic rings. The van der Waals surface area contributed by atoms with Crippen molar-refractivity contribution in [2.45, 2.75) is 39.7 Å². The number of hydrogen-bond acceptors (Lipinski definition) is 2. The fourth-order valence-electron chi connectivity index (χ4n) is 2.73. The number of nitrogens with one attached hydrogen (secondary N) is 1. The summed E-state index contributed by atoms with van der Waals surface area (Å²) in [5.74, 6) is 0.396. The van der Waals surface area contributed by atoms with Crippen LogP contribution in [0.4, 0.5) is 0 Å². The van der Waals surface area contributed by atoms with Gasteiger partial charge in [-0.05, 0) is 25.0 Å². The van der Waals surface area contributed by atoms with Crippen LogP contribution in [-0.2, 0) is 0 Å². The number of aromatic nitrogens is 1. The number of para-hydroxylation sites is 1. The molecule has 1 heterocycles. The Morgan fingerprint density at radius 3 is 2.62 bits per heavy atom. The van der Waals surface area contributed by atoms with E-state index >= 15 is 0 Å². The summed E-state index contributed by atoms with van der Waals surface area (Å²) in [6, 6.07) is 9.33. The predicted molar refractivity (Wildman–Crippen MR) is 87.8 cm³/mol. The van der Waals surface area contributed by atoms with E-state index in [1.807, 2.05) is 24.3 Å². The Kier molecular flexibility index (Phi) is 5.18. The van der Waals surface area contributed by atoms with Gasteiger partial charge in [-0.2, -0.15) is 0 Å². The van der Waals surface area contributed by atoms with E-state index in [2.05, 4.69) is 31.1 Å². The van der Waals surface area contributed by atoms with Crippen LogP contribution in [0.15, 0.2) is 30.3 Å². The van der Waals surface area contributed by atoms with Crippen molar-refractivity contribution in [2.75, 3.05) is 0 Å². The topological polar surface area (TPSA) is 42.0 Å². The molecule has 1 aromatic carbocycles. The number of pyridine rings is 1. The Balaban J connectivity index is 2.31. The number of carbonyl (C=O) groups is 1. The second-order valence-corrected chi connectivity index (χ2v) is 5.74. The molecule has 2 aromatic rings. The SMILES string of the molecule is CCC(CC)C(C)NC(=O)c1cc(Cl)nc2ccccc12. The monoisotopic (exact) mass is 304 g/mol. The number of halogens is 1. The second kappa shape index (κ2) is 6.90. The Morgan fingerprint density at radius 2 is 1.95 bits per heavy atom. The van der Waals surface area contributed by atoms with Gasteiger partial charge < -0.3 is 5.32 Å². The maximum atomic E-state index is 12.6. The average molecular weight is 305 g/mol. The van der Waals surface area contributed by atoms with Crippen LogP contribution < -0.4 is 5.32 Å². The maximum Gasteiger partial charge on any atom is 0.252 e.